The highest BCUT2D eigenvalue weighted by atomic mass is 32.1. The molecule has 0 atom stereocenters. The van der Waals surface area contributed by atoms with Crippen LogP contribution < -0.4 is 10.2 Å². The zero-order chi connectivity index (χ0) is 24.4. The number of rotatable bonds is 5. The number of para-hydroxylation sites is 1. The number of piperazine rings is 1. The molecule has 1 aliphatic heterocycles. The van der Waals surface area contributed by atoms with Gasteiger partial charge in [0.1, 0.15) is 5.82 Å². The number of benzene rings is 2. The number of aromatic nitrogens is 2. The minimum Gasteiger partial charge on any atom is -0.369 e. The van der Waals surface area contributed by atoms with E-state index in [1.54, 1.807) is 0 Å². The van der Waals surface area contributed by atoms with Gasteiger partial charge in [0.05, 0.1) is 5.52 Å². The molecule has 1 aliphatic carbocycles. The number of carbonyl (C=O) groups is 1. The molecular weight excluding hydrogens is 454 g/mol. The number of aromatic amines is 1. The fourth-order valence-corrected chi connectivity index (χ4v) is 5.78. The molecule has 5 rings (SSSR count). The monoisotopic (exact) mass is 489 g/mol. The van der Waals surface area contributed by atoms with Crippen LogP contribution in [0.15, 0.2) is 42.5 Å². The molecule has 6 nitrogen and oxygen atoms in total. The Morgan fingerprint density at radius 1 is 1.06 bits per heavy atom. The molecule has 1 amide bonds. The third-order valence-corrected chi connectivity index (χ3v) is 7.88. The lowest BCUT2D eigenvalue weighted by atomic mass is 9.81. The second kappa shape index (κ2) is 10.4. The number of aryl methyl sites for hydroxylation is 2. The normalized spacial score (nSPS) is 20.7. The molecule has 2 aromatic carbocycles. The number of anilines is 2. The lowest BCUT2D eigenvalue weighted by molar-refractivity contribution is -0.137. The first-order valence-corrected chi connectivity index (χ1v) is 13.2. The van der Waals surface area contributed by atoms with E-state index in [0.29, 0.717) is 16.6 Å². The molecule has 0 spiro atoms. The third kappa shape index (κ3) is 5.35. The summed E-state index contributed by atoms with van der Waals surface area (Å²) in [5.74, 6) is 1.94. The van der Waals surface area contributed by atoms with E-state index >= 15 is 0 Å². The van der Waals surface area contributed by atoms with E-state index in [2.05, 4.69) is 63.2 Å². The van der Waals surface area contributed by atoms with Crippen molar-refractivity contribution in [2.24, 2.45) is 11.8 Å². The Bertz CT molecular complexity index is 1260. The summed E-state index contributed by atoms with van der Waals surface area (Å²) in [6.45, 7) is 8.64. The second-order valence-corrected chi connectivity index (χ2v) is 10.5. The van der Waals surface area contributed by atoms with Crippen LogP contribution in [-0.2, 0) is 4.79 Å². The summed E-state index contributed by atoms with van der Waals surface area (Å²) < 4.78 is 0.498. The molecule has 2 fully saturated rings. The van der Waals surface area contributed by atoms with Crippen molar-refractivity contribution in [1.82, 2.24) is 14.9 Å². The van der Waals surface area contributed by atoms with Crippen molar-refractivity contribution >= 4 is 40.5 Å². The van der Waals surface area contributed by atoms with Gasteiger partial charge >= 0.3 is 0 Å². The number of hydrogen-bond donors (Lipinski definition) is 2. The lowest BCUT2D eigenvalue weighted by Crippen LogP contribution is -2.51. The summed E-state index contributed by atoms with van der Waals surface area (Å²) >= 11 is 5.30. The van der Waals surface area contributed by atoms with Gasteiger partial charge in [0, 0.05) is 49.7 Å². The van der Waals surface area contributed by atoms with E-state index in [9.17, 15) is 4.79 Å². The number of amides is 1. The van der Waals surface area contributed by atoms with Gasteiger partial charge in [-0.1, -0.05) is 24.3 Å². The summed E-state index contributed by atoms with van der Waals surface area (Å²) in [5, 5.41) is 4.60. The second-order valence-electron chi connectivity index (χ2n) is 10.1. The van der Waals surface area contributed by atoms with Crippen LogP contribution in [0.5, 0.6) is 0 Å². The summed E-state index contributed by atoms with van der Waals surface area (Å²) in [5.41, 5.74) is 4.91. The molecule has 0 radical (unpaired) electrons. The first kappa shape index (κ1) is 23.8. The highest BCUT2D eigenvalue weighted by Gasteiger charge is 2.31. The fourth-order valence-electron chi connectivity index (χ4n) is 5.58. The molecule has 7 heteroatoms. The van der Waals surface area contributed by atoms with E-state index in [4.69, 9.17) is 12.2 Å². The molecule has 1 saturated carbocycles. The number of nitrogens with one attached hydrogen (secondary N) is 2. The number of nitrogens with zero attached hydrogens (tertiary/aromatic N) is 3. The van der Waals surface area contributed by atoms with Gasteiger partial charge in [0.2, 0.25) is 5.91 Å². The number of H-pyrrole nitrogens is 1. The molecule has 3 aromatic rings. The van der Waals surface area contributed by atoms with Crippen molar-refractivity contribution in [3.05, 3.63) is 58.4 Å². The third-order valence-electron chi connectivity index (χ3n) is 7.69. The maximum Gasteiger partial charge on any atom is 0.225 e. The van der Waals surface area contributed by atoms with Crippen LogP contribution in [0.25, 0.3) is 10.9 Å². The molecule has 2 N–H and O–H groups in total. The molecule has 2 aliphatic rings. The maximum absolute atomic E-state index is 13.3. The van der Waals surface area contributed by atoms with Gasteiger partial charge in [0.15, 0.2) is 4.77 Å². The van der Waals surface area contributed by atoms with Gasteiger partial charge in [-0.25, -0.2) is 4.98 Å². The summed E-state index contributed by atoms with van der Waals surface area (Å²) in [6.07, 6.45) is 4.10. The van der Waals surface area contributed by atoms with E-state index in [1.807, 2.05) is 18.2 Å². The minimum absolute atomic E-state index is 0.169. The Morgan fingerprint density at radius 2 is 1.80 bits per heavy atom. The Balaban J connectivity index is 1.11. The van der Waals surface area contributed by atoms with Crippen molar-refractivity contribution in [3.8, 4) is 0 Å². The van der Waals surface area contributed by atoms with Crippen LogP contribution >= 0.6 is 12.2 Å². The van der Waals surface area contributed by atoms with Crippen LogP contribution in [0.4, 0.5) is 11.5 Å². The van der Waals surface area contributed by atoms with Gasteiger partial charge in [-0.15, -0.1) is 0 Å². The molecule has 1 aromatic heterocycles. The SMILES string of the molecule is Cc1ccc(C)c(N2CCN(C(=O)C3CCC(CNc4nc(=S)[nH]c5ccccc45)CC3)CC2)c1. The van der Waals surface area contributed by atoms with Crippen molar-refractivity contribution in [3.63, 3.8) is 0 Å². The van der Waals surface area contributed by atoms with E-state index in [-0.39, 0.29) is 5.92 Å². The number of carbonyl (C=O) groups excluding carboxylic acids is 1. The molecule has 184 valence electrons. The quantitative estimate of drug-likeness (QED) is 0.465. The average molecular weight is 490 g/mol. The van der Waals surface area contributed by atoms with Gasteiger partial charge in [-0.2, -0.15) is 0 Å². The highest BCUT2D eigenvalue weighted by molar-refractivity contribution is 7.71. The summed E-state index contributed by atoms with van der Waals surface area (Å²) in [4.78, 5) is 25.5. The van der Waals surface area contributed by atoms with Crippen LogP contribution in [0.2, 0.25) is 0 Å². The molecular formula is C28H35N5OS. The van der Waals surface area contributed by atoms with Crippen molar-refractivity contribution < 1.29 is 4.79 Å². The van der Waals surface area contributed by atoms with Crippen LogP contribution in [-0.4, -0.2) is 53.5 Å². The predicted molar refractivity (Wildman–Crippen MR) is 146 cm³/mol. The lowest BCUT2D eigenvalue weighted by Gasteiger charge is -2.39. The smallest absolute Gasteiger partial charge is 0.225 e. The largest absolute Gasteiger partial charge is 0.369 e. The van der Waals surface area contributed by atoms with Gasteiger partial charge in [-0.05, 0) is 87.0 Å². The number of fused-ring (bicyclic) bond motifs is 1. The number of hydrogen-bond acceptors (Lipinski definition) is 5. The minimum atomic E-state index is 0.169. The van der Waals surface area contributed by atoms with E-state index in [1.165, 1.54) is 16.8 Å². The van der Waals surface area contributed by atoms with Crippen LogP contribution in [0, 0.1) is 30.5 Å². The fraction of sp³-hybridized carbons (Fsp3) is 0.464. The highest BCUT2D eigenvalue weighted by Crippen LogP contribution is 2.31. The summed E-state index contributed by atoms with van der Waals surface area (Å²) in [6, 6.07) is 14.7. The van der Waals surface area contributed by atoms with Crippen LogP contribution in [0.3, 0.4) is 0 Å². The predicted octanol–water partition coefficient (Wildman–Crippen LogP) is 5.48. The Labute approximate surface area is 212 Å². The molecule has 35 heavy (non-hydrogen) atoms. The summed E-state index contributed by atoms with van der Waals surface area (Å²) in [7, 11) is 0. The van der Waals surface area contributed by atoms with Gasteiger partial charge in [0.25, 0.3) is 0 Å². The molecule has 2 heterocycles. The van der Waals surface area contributed by atoms with E-state index < -0.39 is 0 Å². The zero-order valence-electron chi connectivity index (χ0n) is 20.7. The van der Waals surface area contributed by atoms with Gasteiger partial charge < -0.3 is 20.1 Å². The average Bonchev–Trinajstić information content (AvgIpc) is 2.88. The van der Waals surface area contributed by atoms with Crippen molar-refractivity contribution in [2.75, 3.05) is 42.9 Å². The topological polar surface area (TPSA) is 64.3 Å². The zero-order valence-corrected chi connectivity index (χ0v) is 21.5. The van der Waals surface area contributed by atoms with Crippen molar-refractivity contribution in [1.29, 1.82) is 0 Å². The van der Waals surface area contributed by atoms with Gasteiger partial charge in [-0.3, -0.25) is 4.79 Å². The molecule has 0 unspecified atom stereocenters. The standard InChI is InChI=1S/C28H35N5OS/c1-19-7-8-20(2)25(17-19)32-13-15-33(16-14-32)27(34)22-11-9-21(10-12-22)18-29-26-23-5-3-4-6-24(23)30-28(35)31-26/h3-8,17,21-22H,9-16,18H2,1-2H3,(H2,29,30,31,35). The maximum atomic E-state index is 13.3. The van der Waals surface area contributed by atoms with Crippen molar-refractivity contribution in [2.45, 2.75) is 39.5 Å². The molecule has 0 bridgehead atoms. The van der Waals surface area contributed by atoms with Crippen LogP contribution in [0.1, 0.15) is 36.8 Å². The Morgan fingerprint density at radius 3 is 2.57 bits per heavy atom. The first-order valence-electron chi connectivity index (χ1n) is 12.8. The Kier molecular flexibility index (Phi) is 7.04. The van der Waals surface area contributed by atoms with E-state index in [0.717, 1.165) is 75.1 Å². The Hall–Kier alpha value is -2.93. The first-order chi connectivity index (χ1) is 17.0. The molecule has 1 saturated heterocycles.